The summed E-state index contributed by atoms with van der Waals surface area (Å²) in [5, 5.41) is 0.339. The molecule has 0 fully saturated rings. The van der Waals surface area contributed by atoms with Gasteiger partial charge in [0.1, 0.15) is 5.75 Å². The number of carbonyl (C=O) groups excluding carboxylic acids is 1. The topological polar surface area (TPSA) is 74.4 Å². The van der Waals surface area contributed by atoms with Gasteiger partial charge in [0.25, 0.3) is 0 Å². The summed E-state index contributed by atoms with van der Waals surface area (Å²) in [6.07, 6.45) is 2.77. The largest absolute Gasteiger partial charge is 0.465 e. The summed E-state index contributed by atoms with van der Waals surface area (Å²) in [5.74, 6) is -1.34. The third kappa shape index (κ3) is 2.97. The fourth-order valence-corrected chi connectivity index (χ4v) is 1.67. The zero-order chi connectivity index (χ0) is 14.7. The molecule has 0 aliphatic rings. The maximum absolute atomic E-state index is 13.8. The average molecular weight is 297 g/mol. The van der Waals surface area contributed by atoms with E-state index in [1.165, 1.54) is 25.6 Å². The summed E-state index contributed by atoms with van der Waals surface area (Å²) in [4.78, 5) is 15.3. The molecule has 2 aromatic rings. The molecule has 0 amide bonds. The zero-order valence-electron chi connectivity index (χ0n) is 10.4. The molecule has 2 rings (SSSR count). The number of hydrogen-bond donors (Lipinski definition) is 1. The lowest BCUT2D eigenvalue weighted by Gasteiger charge is -2.10. The summed E-state index contributed by atoms with van der Waals surface area (Å²) in [6, 6.07) is 3.61. The Bertz CT molecular complexity index is 664. The number of esters is 1. The lowest BCUT2D eigenvalue weighted by atomic mass is 10.1. The number of carbonyl (C=O) groups is 1. The number of nitrogens with zero attached hydrogens (tertiary/aromatic N) is 1. The van der Waals surface area contributed by atoms with Crippen LogP contribution in [0.15, 0.2) is 30.6 Å². The van der Waals surface area contributed by atoms with Crippen LogP contribution in [-0.2, 0) is 4.74 Å². The molecule has 0 aliphatic heterocycles. The van der Waals surface area contributed by atoms with Crippen molar-refractivity contribution in [1.82, 2.24) is 4.98 Å². The maximum atomic E-state index is 13.8. The molecule has 0 aliphatic carbocycles. The van der Waals surface area contributed by atoms with E-state index in [2.05, 4.69) is 9.72 Å². The van der Waals surface area contributed by atoms with Crippen molar-refractivity contribution in [2.75, 3.05) is 12.8 Å². The monoisotopic (exact) mass is 296 g/mol. The van der Waals surface area contributed by atoms with Crippen molar-refractivity contribution >= 4 is 23.3 Å². The van der Waals surface area contributed by atoms with Gasteiger partial charge in [0, 0.05) is 30.1 Å². The first-order chi connectivity index (χ1) is 9.51. The molecule has 7 heteroatoms. The minimum absolute atomic E-state index is 0.0129. The molecule has 20 heavy (non-hydrogen) atoms. The normalized spacial score (nSPS) is 10.2. The SMILES string of the molecule is COC(=O)c1cc(Oc2cncc(Cl)c2)c(F)cc1N. The van der Waals surface area contributed by atoms with Crippen LogP contribution in [0.4, 0.5) is 10.1 Å². The van der Waals surface area contributed by atoms with Gasteiger partial charge < -0.3 is 15.2 Å². The second-order valence-electron chi connectivity index (χ2n) is 3.80. The Morgan fingerprint density at radius 1 is 1.35 bits per heavy atom. The number of aromatic nitrogens is 1. The van der Waals surface area contributed by atoms with Crippen LogP contribution in [0.1, 0.15) is 10.4 Å². The van der Waals surface area contributed by atoms with Crippen LogP contribution in [0.2, 0.25) is 5.02 Å². The van der Waals surface area contributed by atoms with Gasteiger partial charge in [0.05, 0.1) is 23.9 Å². The summed E-state index contributed by atoms with van der Waals surface area (Å²) in [6.45, 7) is 0. The van der Waals surface area contributed by atoms with E-state index < -0.39 is 11.8 Å². The molecule has 104 valence electrons. The highest BCUT2D eigenvalue weighted by Crippen LogP contribution is 2.29. The van der Waals surface area contributed by atoms with E-state index in [4.69, 9.17) is 22.1 Å². The van der Waals surface area contributed by atoms with Gasteiger partial charge in [-0.1, -0.05) is 11.6 Å². The van der Waals surface area contributed by atoms with Crippen molar-refractivity contribution in [3.63, 3.8) is 0 Å². The fraction of sp³-hybridized carbons (Fsp3) is 0.0769. The molecule has 0 radical (unpaired) electrons. The smallest absolute Gasteiger partial charge is 0.340 e. The van der Waals surface area contributed by atoms with Crippen LogP contribution in [0.25, 0.3) is 0 Å². The molecular weight excluding hydrogens is 287 g/mol. The van der Waals surface area contributed by atoms with Crippen LogP contribution in [-0.4, -0.2) is 18.1 Å². The van der Waals surface area contributed by atoms with Crippen LogP contribution < -0.4 is 10.5 Å². The Labute approximate surface area is 119 Å². The first kappa shape index (κ1) is 14.1. The fourth-order valence-electron chi connectivity index (χ4n) is 1.51. The van der Waals surface area contributed by atoms with Crippen molar-refractivity contribution in [2.24, 2.45) is 0 Å². The number of nitrogens with two attached hydrogens (primary N) is 1. The van der Waals surface area contributed by atoms with Gasteiger partial charge >= 0.3 is 5.97 Å². The highest BCUT2D eigenvalue weighted by Gasteiger charge is 2.16. The summed E-state index contributed by atoms with van der Waals surface area (Å²) in [5.41, 5.74) is 5.53. The van der Waals surface area contributed by atoms with Gasteiger partial charge in [-0.3, -0.25) is 4.98 Å². The Morgan fingerprint density at radius 2 is 2.10 bits per heavy atom. The second kappa shape index (κ2) is 5.75. The molecule has 0 bridgehead atoms. The van der Waals surface area contributed by atoms with Crippen molar-refractivity contribution in [3.8, 4) is 11.5 Å². The van der Waals surface area contributed by atoms with Crippen molar-refractivity contribution < 1.29 is 18.7 Å². The molecule has 0 atom stereocenters. The van der Waals surface area contributed by atoms with Gasteiger partial charge in [-0.25, -0.2) is 9.18 Å². The Morgan fingerprint density at radius 3 is 2.75 bits per heavy atom. The number of pyridine rings is 1. The number of anilines is 1. The van der Waals surface area contributed by atoms with Crippen LogP contribution in [0.3, 0.4) is 0 Å². The van der Waals surface area contributed by atoms with Crippen LogP contribution in [0, 0.1) is 5.82 Å². The first-order valence-electron chi connectivity index (χ1n) is 5.47. The van der Waals surface area contributed by atoms with Crippen molar-refractivity contribution in [1.29, 1.82) is 0 Å². The van der Waals surface area contributed by atoms with E-state index in [1.54, 1.807) is 0 Å². The highest BCUT2D eigenvalue weighted by atomic mass is 35.5. The number of benzene rings is 1. The van der Waals surface area contributed by atoms with Crippen LogP contribution >= 0.6 is 11.6 Å². The molecule has 2 N–H and O–H groups in total. The number of nitrogen functional groups attached to an aromatic ring is 1. The third-order valence-corrected chi connectivity index (χ3v) is 2.62. The van der Waals surface area contributed by atoms with Gasteiger partial charge in [-0.15, -0.1) is 0 Å². The maximum Gasteiger partial charge on any atom is 0.340 e. The zero-order valence-corrected chi connectivity index (χ0v) is 11.1. The molecule has 1 aromatic carbocycles. The van der Waals surface area contributed by atoms with Crippen molar-refractivity contribution in [3.05, 3.63) is 47.0 Å². The number of methoxy groups -OCH3 is 1. The Balaban J connectivity index is 2.39. The van der Waals surface area contributed by atoms with Gasteiger partial charge in [0.15, 0.2) is 11.6 Å². The molecule has 0 saturated heterocycles. The average Bonchev–Trinajstić information content (AvgIpc) is 2.41. The summed E-state index contributed by atoms with van der Waals surface area (Å²) < 4.78 is 23.6. The Kier molecular flexibility index (Phi) is 4.05. The molecular formula is C13H10ClFN2O3. The van der Waals surface area contributed by atoms with E-state index >= 15 is 0 Å². The lowest BCUT2D eigenvalue weighted by molar-refractivity contribution is 0.0601. The van der Waals surface area contributed by atoms with Gasteiger partial charge in [-0.2, -0.15) is 0 Å². The lowest BCUT2D eigenvalue weighted by Crippen LogP contribution is -2.06. The standard InChI is InChI=1S/C13H10ClFN2O3/c1-19-13(18)9-3-12(10(15)4-11(9)16)20-8-2-7(14)5-17-6-8/h2-6H,16H2,1H3. The molecule has 0 saturated carbocycles. The van der Waals surface area contributed by atoms with E-state index in [0.717, 1.165) is 12.1 Å². The van der Waals surface area contributed by atoms with Crippen LogP contribution in [0.5, 0.6) is 11.5 Å². The van der Waals surface area contributed by atoms with E-state index in [-0.39, 0.29) is 22.7 Å². The molecule has 5 nitrogen and oxygen atoms in total. The second-order valence-corrected chi connectivity index (χ2v) is 4.24. The highest BCUT2D eigenvalue weighted by molar-refractivity contribution is 6.30. The Hall–Kier alpha value is -2.34. The van der Waals surface area contributed by atoms with Crippen molar-refractivity contribution in [2.45, 2.75) is 0 Å². The number of halogens is 2. The quantitative estimate of drug-likeness (QED) is 0.696. The first-order valence-corrected chi connectivity index (χ1v) is 5.85. The molecule has 1 aromatic heterocycles. The molecule has 0 unspecified atom stereocenters. The van der Waals surface area contributed by atoms with Gasteiger partial charge in [0.2, 0.25) is 0 Å². The summed E-state index contributed by atoms with van der Waals surface area (Å²) in [7, 11) is 1.20. The van der Waals surface area contributed by atoms with Gasteiger partial charge in [-0.05, 0) is 0 Å². The number of rotatable bonds is 3. The predicted molar refractivity (Wildman–Crippen MR) is 71.5 cm³/mol. The number of ether oxygens (including phenoxy) is 2. The van der Waals surface area contributed by atoms with E-state index in [0.29, 0.717) is 5.02 Å². The minimum Gasteiger partial charge on any atom is -0.465 e. The van der Waals surface area contributed by atoms with E-state index in [9.17, 15) is 9.18 Å². The number of hydrogen-bond acceptors (Lipinski definition) is 5. The third-order valence-electron chi connectivity index (χ3n) is 2.42. The minimum atomic E-state index is -0.713. The van der Waals surface area contributed by atoms with E-state index in [1.807, 2.05) is 0 Å². The molecule has 0 spiro atoms. The molecule has 1 heterocycles. The predicted octanol–water partition coefficient (Wildman–Crippen LogP) is 3.04. The summed E-state index contributed by atoms with van der Waals surface area (Å²) >= 11 is 5.75.